The average molecular weight is 473 g/mol. The van der Waals surface area contributed by atoms with Gasteiger partial charge in [-0.05, 0) is 42.9 Å². The third-order valence-corrected chi connectivity index (χ3v) is 4.95. The first kappa shape index (κ1) is 21.3. The van der Waals surface area contributed by atoms with E-state index < -0.39 is 0 Å². The zero-order valence-electron chi connectivity index (χ0n) is 15.8. The zero-order chi connectivity index (χ0) is 17.3. The van der Waals surface area contributed by atoms with E-state index in [1.54, 1.807) is 0 Å². The molecular weight excluding hydrogens is 441 g/mol. The Morgan fingerprint density at radius 1 is 1.23 bits per heavy atom. The fraction of sp³-hybridized carbons (Fsp3) is 0.650. The summed E-state index contributed by atoms with van der Waals surface area (Å²) in [6.45, 7) is 3.42. The van der Waals surface area contributed by atoms with E-state index in [1.165, 1.54) is 36.8 Å². The number of fused-ring (bicyclic) bond motifs is 1. The summed E-state index contributed by atoms with van der Waals surface area (Å²) >= 11 is 0. The summed E-state index contributed by atoms with van der Waals surface area (Å²) in [5, 5.41) is 6.75. The molecule has 5 nitrogen and oxygen atoms in total. The highest BCUT2D eigenvalue weighted by Crippen LogP contribution is 2.25. The lowest BCUT2D eigenvalue weighted by Crippen LogP contribution is -2.39. The second-order valence-electron chi connectivity index (χ2n) is 6.85. The Morgan fingerprint density at radius 2 is 2.04 bits per heavy atom. The fourth-order valence-electron chi connectivity index (χ4n) is 3.53. The normalized spacial score (nSPS) is 16.7. The van der Waals surface area contributed by atoms with Gasteiger partial charge in [-0.2, -0.15) is 0 Å². The number of hydrogen-bond acceptors (Lipinski definition) is 3. The Balaban J connectivity index is 0.00000243. The molecule has 6 heteroatoms. The Kier molecular flexibility index (Phi) is 9.53. The van der Waals surface area contributed by atoms with E-state index >= 15 is 0 Å². The molecule has 3 rings (SSSR count). The minimum absolute atomic E-state index is 0. The fourth-order valence-corrected chi connectivity index (χ4v) is 3.53. The van der Waals surface area contributed by atoms with Crippen LogP contribution in [0.1, 0.15) is 43.2 Å². The Labute approximate surface area is 174 Å². The van der Waals surface area contributed by atoms with Crippen LogP contribution in [-0.4, -0.2) is 45.4 Å². The van der Waals surface area contributed by atoms with Crippen LogP contribution in [0.15, 0.2) is 23.2 Å². The summed E-state index contributed by atoms with van der Waals surface area (Å²) < 4.78 is 11.4. The summed E-state index contributed by atoms with van der Waals surface area (Å²) in [7, 11) is 1.82. The average Bonchev–Trinajstić information content (AvgIpc) is 3.31. The van der Waals surface area contributed by atoms with Crippen LogP contribution in [0.4, 0.5) is 0 Å². The van der Waals surface area contributed by atoms with Gasteiger partial charge in [0.25, 0.3) is 0 Å². The van der Waals surface area contributed by atoms with Crippen LogP contribution < -0.4 is 15.4 Å². The van der Waals surface area contributed by atoms with Gasteiger partial charge in [-0.3, -0.25) is 4.99 Å². The molecule has 0 unspecified atom stereocenters. The maximum atomic E-state index is 5.88. The molecule has 1 fully saturated rings. The molecule has 1 saturated carbocycles. The third kappa shape index (κ3) is 6.61. The lowest BCUT2D eigenvalue weighted by Gasteiger charge is -2.14. The number of rotatable bonds is 8. The van der Waals surface area contributed by atoms with Gasteiger partial charge in [-0.1, -0.05) is 25.0 Å². The lowest BCUT2D eigenvalue weighted by molar-refractivity contribution is 0.0574. The van der Waals surface area contributed by atoms with Crippen molar-refractivity contribution >= 4 is 29.9 Å². The summed E-state index contributed by atoms with van der Waals surface area (Å²) in [6, 6.07) is 6.51. The molecule has 2 N–H and O–H groups in total. The minimum atomic E-state index is 0. The second kappa shape index (κ2) is 11.6. The maximum Gasteiger partial charge on any atom is 0.190 e. The van der Waals surface area contributed by atoms with Gasteiger partial charge < -0.3 is 20.1 Å². The number of ether oxygens (including phenoxy) is 2. The molecule has 0 radical (unpaired) electrons. The Morgan fingerprint density at radius 3 is 2.85 bits per heavy atom. The monoisotopic (exact) mass is 473 g/mol. The summed E-state index contributed by atoms with van der Waals surface area (Å²) in [6.07, 6.45) is 8.68. The number of aliphatic imine (C=N–C) groups is 1. The number of hydrogen-bond donors (Lipinski definition) is 2. The highest BCUT2D eigenvalue weighted by atomic mass is 127. The van der Waals surface area contributed by atoms with Gasteiger partial charge in [0, 0.05) is 33.2 Å². The van der Waals surface area contributed by atoms with E-state index in [0.717, 1.165) is 57.3 Å². The molecule has 1 aliphatic heterocycles. The van der Waals surface area contributed by atoms with Crippen molar-refractivity contribution in [1.82, 2.24) is 10.6 Å². The molecule has 0 amide bonds. The molecule has 0 bridgehead atoms. The van der Waals surface area contributed by atoms with Crippen LogP contribution in [0, 0.1) is 0 Å². The van der Waals surface area contributed by atoms with Crippen molar-refractivity contribution in [2.75, 3.05) is 33.4 Å². The van der Waals surface area contributed by atoms with E-state index in [-0.39, 0.29) is 24.0 Å². The van der Waals surface area contributed by atoms with E-state index in [2.05, 4.69) is 33.8 Å². The molecule has 146 valence electrons. The molecule has 0 spiro atoms. The van der Waals surface area contributed by atoms with Crippen LogP contribution in [0.25, 0.3) is 0 Å². The van der Waals surface area contributed by atoms with Gasteiger partial charge in [-0.15, -0.1) is 24.0 Å². The summed E-state index contributed by atoms with van der Waals surface area (Å²) in [4.78, 5) is 4.29. The van der Waals surface area contributed by atoms with Crippen molar-refractivity contribution in [3.05, 3.63) is 29.3 Å². The van der Waals surface area contributed by atoms with Gasteiger partial charge in [0.1, 0.15) is 5.75 Å². The van der Waals surface area contributed by atoms with Crippen molar-refractivity contribution in [3.63, 3.8) is 0 Å². The van der Waals surface area contributed by atoms with Gasteiger partial charge in [0.2, 0.25) is 0 Å². The topological polar surface area (TPSA) is 54.9 Å². The van der Waals surface area contributed by atoms with Crippen LogP contribution >= 0.6 is 24.0 Å². The summed E-state index contributed by atoms with van der Waals surface area (Å²) in [5.41, 5.74) is 2.68. The van der Waals surface area contributed by atoms with Crippen molar-refractivity contribution < 1.29 is 9.47 Å². The number of guanidine groups is 1. The lowest BCUT2D eigenvalue weighted by atomic mass is 10.1. The van der Waals surface area contributed by atoms with Crippen LogP contribution in [0.5, 0.6) is 5.75 Å². The van der Waals surface area contributed by atoms with Gasteiger partial charge in [0.15, 0.2) is 5.96 Å². The van der Waals surface area contributed by atoms with Crippen LogP contribution in [0.2, 0.25) is 0 Å². The molecule has 0 aromatic heterocycles. The standard InChI is InChI=1S/C20H31N3O2.HI/c1-21-20(22-11-4-13-24-18-5-2-3-6-18)23-12-9-16-7-8-19-17(15-16)10-14-25-19;/h7-8,15,18H,2-6,9-14H2,1H3,(H2,21,22,23);1H. The highest BCUT2D eigenvalue weighted by Gasteiger charge is 2.14. The molecular formula is C20H32IN3O2. The third-order valence-electron chi connectivity index (χ3n) is 4.95. The van der Waals surface area contributed by atoms with Crippen molar-refractivity contribution in [2.24, 2.45) is 4.99 Å². The summed E-state index contributed by atoms with van der Waals surface area (Å²) in [5.74, 6) is 1.92. The second-order valence-corrected chi connectivity index (χ2v) is 6.85. The predicted molar refractivity (Wildman–Crippen MR) is 117 cm³/mol. The SMILES string of the molecule is CN=C(NCCCOC1CCCC1)NCCc1ccc2c(c1)CCO2.I. The van der Waals surface area contributed by atoms with Gasteiger partial charge in [-0.25, -0.2) is 0 Å². The molecule has 2 aliphatic rings. The van der Waals surface area contributed by atoms with Gasteiger partial charge >= 0.3 is 0 Å². The first-order chi connectivity index (χ1) is 12.3. The largest absolute Gasteiger partial charge is 0.493 e. The molecule has 0 saturated heterocycles. The minimum Gasteiger partial charge on any atom is -0.493 e. The number of nitrogens with one attached hydrogen (secondary N) is 2. The van der Waals surface area contributed by atoms with Crippen molar-refractivity contribution in [1.29, 1.82) is 0 Å². The first-order valence-corrected chi connectivity index (χ1v) is 9.66. The van der Waals surface area contributed by atoms with E-state index in [1.807, 2.05) is 7.05 Å². The molecule has 1 heterocycles. The molecule has 0 atom stereocenters. The predicted octanol–water partition coefficient (Wildman–Crippen LogP) is 3.30. The molecule has 1 aliphatic carbocycles. The Hall–Kier alpha value is -1.02. The number of benzene rings is 1. The van der Waals surface area contributed by atoms with Crippen molar-refractivity contribution in [2.45, 2.75) is 51.0 Å². The number of nitrogens with zero attached hydrogens (tertiary/aromatic N) is 1. The number of halogens is 1. The molecule has 26 heavy (non-hydrogen) atoms. The zero-order valence-corrected chi connectivity index (χ0v) is 18.1. The Bertz CT molecular complexity index is 574. The van der Waals surface area contributed by atoms with E-state index in [0.29, 0.717) is 6.10 Å². The van der Waals surface area contributed by atoms with Crippen LogP contribution in [0.3, 0.4) is 0 Å². The van der Waals surface area contributed by atoms with Crippen LogP contribution in [-0.2, 0) is 17.6 Å². The molecule has 1 aromatic rings. The van der Waals surface area contributed by atoms with E-state index in [9.17, 15) is 0 Å². The smallest absolute Gasteiger partial charge is 0.190 e. The molecule has 1 aromatic carbocycles. The van der Waals surface area contributed by atoms with E-state index in [4.69, 9.17) is 9.47 Å². The van der Waals surface area contributed by atoms with Gasteiger partial charge in [0.05, 0.1) is 12.7 Å². The maximum absolute atomic E-state index is 5.88. The van der Waals surface area contributed by atoms with Crippen molar-refractivity contribution in [3.8, 4) is 5.75 Å². The quantitative estimate of drug-likeness (QED) is 0.263. The first-order valence-electron chi connectivity index (χ1n) is 9.66. The highest BCUT2D eigenvalue weighted by molar-refractivity contribution is 14.0.